The number of halogens is 3. The van der Waals surface area contributed by atoms with E-state index in [1.807, 2.05) is 42.9 Å². The molecule has 0 aliphatic rings. The van der Waals surface area contributed by atoms with Crippen LogP contribution >= 0.6 is 0 Å². The van der Waals surface area contributed by atoms with Crippen LogP contribution in [0.2, 0.25) is 0 Å². The van der Waals surface area contributed by atoms with E-state index >= 15 is 0 Å². The number of nitrogens with zero attached hydrogens (tertiary/aromatic N) is 5. The number of hydrogen-bond acceptors (Lipinski definition) is 5. The van der Waals surface area contributed by atoms with Crippen LogP contribution in [0.15, 0.2) is 59.4 Å². The molecule has 4 aromatic rings. The summed E-state index contributed by atoms with van der Waals surface area (Å²) in [7, 11) is 1.88. The van der Waals surface area contributed by atoms with Gasteiger partial charge in [-0.1, -0.05) is 24.3 Å². The first-order chi connectivity index (χ1) is 16.6. The third-order valence-electron chi connectivity index (χ3n) is 5.14. The summed E-state index contributed by atoms with van der Waals surface area (Å²) < 4.78 is 47.7. The normalized spacial score (nSPS) is 11.2. The fraction of sp³-hybridized carbons (Fsp3) is 0.174. The molecule has 0 aliphatic carbocycles. The lowest BCUT2D eigenvalue weighted by atomic mass is 10.1. The van der Waals surface area contributed by atoms with E-state index in [0.717, 1.165) is 28.5 Å². The first-order valence-corrected chi connectivity index (χ1v) is 10.3. The number of amides is 2. The summed E-state index contributed by atoms with van der Waals surface area (Å²) in [4.78, 5) is 12.2. The number of nitrogens with one attached hydrogen (secondary N) is 2. The lowest BCUT2D eigenvalue weighted by Crippen LogP contribution is -2.35. The Bertz CT molecular complexity index is 1400. The fourth-order valence-electron chi connectivity index (χ4n) is 3.55. The number of hydrogen-bond donors (Lipinski definition) is 2. The molecule has 0 atom stereocenters. The highest BCUT2D eigenvalue weighted by molar-refractivity contribution is 5.98. The molecule has 2 N–H and O–H groups in total. The summed E-state index contributed by atoms with van der Waals surface area (Å²) in [6, 6.07) is 11.3. The summed E-state index contributed by atoms with van der Waals surface area (Å²) in [5.41, 5.74) is 2.23. The smallest absolute Gasteiger partial charge is 0.308 e. The molecule has 12 heteroatoms. The lowest BCUT2D eigenvalue weighted by Gasteiger charge is -2.11. The number of urea groups is 1. The van der Waals surface area contributed by atoms with E-state index in [-0.39, 0.29) is 11.6 Å². The maximum atomic E-state index is 13.1. The van der Waals surface area contributed by atoms with Crippen molar-refractivity contribution in [1.82, 2.24) is 15.1 Å². The monoisotopic (exact) mass is 482 g/mol. The van der Waals surface area contributed by atoms with Gasteiger partial charge in [0.15, 0.2) is 0 Å². The average molecular weight is 482 g/mol. The standard InChI is InChI=1S/C23H18F3N7O2/c1-14-11-28-32(2)21(14)16-5-3-15(4-6-16)12-33-13-20(35-31-33)30-22(34)29-18-8-7-17(10-27)19(9-18)23(24,25)26/h3-9,11,13H,12H2,1-2H3,(H-,29,30,31,34)/p+1. The van der Waals surface area contributed by atoms with E-state index in [2.05, 4.69) is 21.0 Å². The molecule has 0 saturated carbocycles. The Morgan fingerprint density at radius 1 is 1.20 bits per heavy atom. The van der Waals surface area contributed by atoms with Crippen LogP contribution < -0.4 is 15.3 Å². The molecule has 0 radical (unpaired) electrons. The van der Waals surface area contributed by atoms with E-state index in [4.69, 9.17) is 9.78 Å². The molecule has 0 aliphatic heterocycles. The van der Waals surface area contributed by atoms with Crippen LogP contribution in [-0.4, -0.2) is 21.1 Å². The molecule has 2 aromatic heterocycles. The zero-order valence-electron chi connectivity index (χ0n) is 18.6. The third kappa shape index (κ3) is 5.30. The van der Waals surface area contributed by atoms with E-state index in [1.54, 1.807) is 6.20 Å². The summed E-state index contributed by atoms with van der Waals surface area (Å²) >= 11 is 0. The molecule has 2 amide bonds. The van der Waals surface area contributed by atoms with Crippen LogP contribution in [0.4, 0.5) is 29.5 Å². The second kappa shape index (κ2) is 9.30. The fourth-order valence-corrected chi connectivity index (χ4v) is 3.55. The molecule has 178 valence electrons. The molecular weight excluding hydrogens is 463 g/mol. The Labute approximate surface area is 197 Å². The van der Waals surface area contributed by atoms with Gasteiger partial charge < -0.3 is 5.32 Å². The molecule has 35 heavy (non-hydrogen) atoms. The number of nitriles is 1. The quantitative estimate of drug-likeness (QED) is 0.413. The number of rotatable bonds is 5. The van der Waals surface area contributed by atoms with Gasteiger partial charge in [-0.15, -0.1) is 0 Å². The maximum absolute atomic E-state index is 13.1. The molecule has 0 spiro atoms. The van der Waals surface area contributed by atoms with Gasteiger partial charge in [-0.05, 0) is 35.4 Å². The third-order valence-corrected chi connectivity index (χ3v) is 5.14. The van der Waals surface area contributed by atoms with Crippen LogP contribution in [0, 0.1) is 18.3 Å². The van der Waals surface area contributed by atoms with Crippen molar-refractivity contribution >= 4 is 17.6 Å². The predicted molar refractivity (Wildman–Crippen MR) is 118 cm³/mol. The van der Waals surface area contributed by atoms with E-state index in [0.29, 0.717) is 12.6 Å². The van der Waals surface area contributed by atoms with Gasteiger partial charge in [0.05, 0.1) is 29.1 Å². The van der Waals surface area contributed by atoms with Gasteiger partial charge in [0.2, 0.25) is 11.8 Å². The molecule has 4 rings (SSSR count). The van der Waals surface area contributed by atoms with Crippen LogP contribution in [0.5, 0.6) is 0 Å². The lowest BCUT2D eigenvalue weighted by molar-refractivity contribution is -0.754. The molecule has 2 aromatic carbocycles. The van der Waals surface area contributed by atoms with Crippen LogP contribution in [-0.2, 0) is 19.8 Å². The van der Waals surface area contributed by atoms with Crippen molar-refractivity contribution in [3.05, 3.63) is 77.1 Å². The molecule has 0 saturated heterocycles. The molecule has 2 heterocycles. The van der Waals surface area contributed by atoms with Crippen LogP contribution in [0.3, 0.4) is 0 Å². The number of anilines is 2. The highest BCUT2D eigenvalue weighted by Crippen LogP contribution is 2.33. The van der Waals surface area contributed by atoms with Gasteiger partial charge in [-0.2, -0.15) is 23.5 Å². The van der Waals surface area contributed by atoms with Gasteiger partial charge in [-0.3, -0.25) is 14.5 Å². The topological polar surface area (TPSA) is 113 Å². The maximum Gasteiger partial charge on any atom is 0.417 e. The highest BCUT2D eigenvalue weighted by Gasteiger charge is 2.34. The van der Waals surface area contributed by atoms with E-state index in [1.165, 1.54) is 23.0 Å². The van der Waals surface area contributed by atoms with Gasteiger partial charge >= 0.3 is 18.1 Å². The molecule has 0 unspecified atom stereocenters. The van der Waals surface area contributed by atoms with Crippen molar-refractivity contribution in [3.63, 3.8) is 0 Å². The molecule has 9 nitrogen and oxygen atoms in total. The minimum atomic E-state index is -4.73. The average Bonchev–Trinajstić information content (AvgIpc) is 3.39. The highest BCUT2D eigenvalue weighted by atomic mass is 19.4. The summed E-state index contributed by atoms with van der Waals surface area (Å²) in [6.07, 6.45) is -1.49. The first kappa shape index (κ1) is 23.5. The van der Waals surface area contributed by atoms with Gasteiger partial charge in [0, 0.05) is 23.9 Å². The second-order valence-corrected chi connectivity index (χ2v) is 7.71. The van der Waals surface area contributed by atoms with Crippen LogP contribution in [0.25, 0.3) is 11.3 Å². The molecule has 0 bridgehead atoms. The number of benzene rings is 2. The first-order valence-electron chi connectivity index (χ1n) is 10.3. The van der Waals surface area contributed by atoms with Crippen molar-refractivity contribution < 1.29 is 27.2 Å². The number of carbonyl (C=O) groups is 1. The van der Waals surface area contributed by atoms with Crippen molar-refractivity contribution in [2.24, 2.45) is 7.05 Å². The molecule has 0 fully saturated rings. The van der Waals surface area contributed by atoms with E-state index in [9.17, 15) is 18.0 Å². The zero-order valence-corrected chi connectivity index (χ0v) is 18.6. The van der Waals surface area contributed by atoms with Gasteiger partial charge in [-0.25, -0.2) is 4.79 Å². The van der Waals surface area contributed by atoms with Crippen LogP contribution in [0.1, 0.15) is 22.3 Å². The number of carbonyl (C=O) groups excluding carboxylic acids is 1. The summed E-state index contributed by atoms with van der Waals surface area (Å²) in [5, 5.41) is 21.6. The summed E-state index contributed by atoms with van der Waals surface area (Å²) in [5.74, 6) is -0.00526. The Kier molecular flexibility index (Phi) is 6.24. The Morgan fingerprint density at radius 2 is 1.94 bits per heavy atom. The zero-order chi connectivity index (χ0) is 25.2. The SMILES string of the molecule is Cc1cnn(C)c1-c1ccc(C[n+]2cc(NC(=O)Nc3ccc(C#N)c(C(F)(F)F)c3)on2)cc1. The Balaban J connectivity index is 1.39. The molecular formula is C23H19F3N7O2+. The Hall–Kier alpha value is -4.66. The number of alkyl halides is 3. The minimum Gasteiger partial charge on any atom is -0.308 e. The Morgan fingerprint density at radius 3 is 2.57 bits per heavy atom. The summed E-state index contributed by atoms with van der Waals surface area (Å²) in [6.45, 7) is 2.35. The van der Waals surface area contributed by atoms with E-state index < -0.39 is 23.3 Å². The van der Waals surface area contributed by atoms with Gasteiger partial charge in [0.1, 0.15) is 0 Å². The van der Waals surface area contributed by atoms with Crippen molar-refractivity contribution in [2.75, 3.05) is 10.6 Å². The van der Waals surface area contributed by atoms with Gasteiger partial charge in [0.25, 0.3) is 6.20 Å². The van der Waals surface area contributed by atoms with Crippen molar-refractivity contribution in [3.8, 4) is 17.3 Å². The number of aryl methyl sites for hydroxylation is 2. The van der Waals surface area contributed by atoms with Crippen molar-refractivity contribution in [2.45, 2.75) is 19.6 Å². The largest absolute Gasteiger partial charge is 0.417 e. The predicted octanol–water partition coefficient (Wildman–Crippen LogP) is 4.25. The minimum absolute atomic E-state index is 0.00526. The number of aromatic nitrogens is 4. The second-order valence-electron chi connectivity index (χ2n) is 7.71. The van der Waals surface area contributed by atoms with Crippen molar-refractivity contribution in [1.29, 1.82) is 5.26 Å².